The van der Waals surface area contributed by atoms with Crippen molar-refractivity contribution >= 4 is 5.95 Å². The Hall–Kier alpha value is -1.07. The van der Waals surface area contributed by atoms with Gasteiger partial charge in [-0.15, -0.1) is 0 Å². The van der Waals surface area contributed by atoms with E-state index >= 15 is 0 Å². The number of hydrogen-bond acceptors (Lipinski definition) is 4. The summed E-state index contributed by atoms with van der Waals surface area (Å²) in [6.45, 7) is 1.12. The second kappa shape index (κ2) is 6.39. The summed E-state index contributed by atoms with van der Waals surface area (Å²) in [5.41, 5.74) is 1.19. The monoisotopic (exact) mass is 266 g/mol. The Balaban J connectivity index is 1.94. The molecule has 2 rings (SSSR count). The van der Waals surface area contributed by atoms with Crippen molar-refractivity contribution in [3.63, 3.8) is 0 Å². The van der Waals surface area contributed by atoms with Crippen molar-refractivity contribution in [1.29, 1.82) is 0 Å². The molecule has 5 heteroatoms. The number of imidazole rings is 1. The Morgan fingerprint density at radius 3 is 2.79 bits per heavy atom. The third-order valence-corrected chi connectivity index (χ3v) is 4.15. The molecule has 1 fully saturated rings. The minimum atomic E-state index is 0.298. The van der Waals surface area contributed by atoms with Crippen LogP contribution in [0.4, 0.5) is 5.95 Å². The Labute approximate surface area is 115 Å². The molecule has 2 atom stereocenters. The summed E-state index contributed by atoms with van der Waals surface area (Å²) in [6, 6.07) is 0.441. The van der Waals surface area contributed by atoms with Crippen LogP contribution in [0.15, 0.2) is 6.20 Å². The fourth-order valence-electron chi connectivity index (χ4n) is 2.94. The first-order chi connectivity index (χ1) is 9.13. The van der Waals surface area contributed by atoms with E-state index in [1.807, 2.05) is 32.2 Å². The van der Waals surface area contributed by atoms with Crippen LogP contribution in [-0.2, 0) is 13.6 Å². The van der Waals surface area contributed by atoms with Crippen molar-refractivity contribution in [2.45, 2.75) is 38.3 Å². The standard InChI is InChI=1S/C14H26N4O/c1-17(2)14-16-9-12(18(14)3)8-15-13-7-5-4-6-11(13)10-19/h9,11,13,15,19H,4-8,10H2,1-3H3. The second-order valence-electron chi connectivity index (χ2n) is 5.72. The van der Waals surface area contributed by atoms with Gasteiger partial charge in [0.15, 0.2) is 0 Å². The number of anilines is 1. The number of nitrogens with zero attached hydrogens (tertiary/aromatic N) is 3. The largest absolute Gasteiger partial charge is 0.396 e. The van der Waals surface area contributed by atoms with Crippen molar-refractivity contribution in [3.8, 4) is 0 Å². The third kappa shape index (κ3) is 3.28. The zero-order valence-electron chi connectivity index (χ0n) is 12.3. The molecule has 1 aromatic rings. The number of aliphatic hydroxyl groups excluding tert-OH is 1. The summed E-state index contributed by atoms with van der Waals surface area (Å²) < 4.78 is 2.11. The lowest BCUT2D eigenvalue weighted by Crippen LogP contribution is -2.40. The molecule has 0 radical (unpaired) electrons. The predicted molar refractivity (Wildman–Crippen MR) is 77.2 cm³/mol. The van der Waals surface area contributed by atoms with E-state index in [0.29, 0.717) is 18.6 Å². The van der Waals surface area contributed by atoms with Crippen LogP contribution >= 0.6 is 0 Å². The summed E-state index contributed by atoms with van der Waals surface area (Å²) >= 11 is 0. The van der Waals surface area contributed by atoms with Crippen molar-refractivity contribution < 1.29 is 5.11 Å². The minimum Gasteiger partial charge on any atom is -0.396 e. The van der Waals surface area contributed by atoms with Gasteiger partial charge in [-0.25, -0.2) is 4.98 Å². The lowest BCUT2D eigenvalue weighted by atomic mass is 9.85. The molecule has 1 aromatic heterocycles. The molecule has 2 unspecified atom stereocenters. The zero-order valence-corrected chi connectivity index (χ0v) is 12.3. The maximum Gasteiger partial charge on any atom is 0.204 e. The van der Waals surface area contributed by atoms with Gasteiger partial charge >= 0.3 is 0 Å². The van der Waals surface area contributed by atoms with E-state index in [4.69, 9.17) is 0 Å². The molecule has 0 amide bonds. The van der Waals surface area contributed by atoms with Gasteiger partial charge in [0.25, 0.3) is 0 Å². The van der Waals surface area contributed by atoms with Crippen molar-refractivity contribution in [2.24, 2.45) is 13.0 Å². The summed E-state index contributed by atoms with van der Waals surface area (Å²) in [7, 11) is 6.05. The van der Waals surface area contributed by atoms with E-state index in [0.717, 1.165) is 18.9 Å². The summed E-state index contributed by atoms with van der Waals surface area (Å²) in [4.78, 5) is 6.43. The molecular weight excluding hydrogens is 240 g/mol. The minimum absolute atomic E-state index is 0.298. The van der Waals surface area contributed by atoms with E-state index in [-0.39, 0.29) is 0 Å². The molecule has 0 spiro atoms. The fraction of sp³-hybridized carbons (Fsp3) is 0.786. The highest BCUT2D eigenvalue weighted by molar-refractivity contribution is 5.30. The predicted octanol–water partition coefficient (Wildman–Crippen LogP) is 1.13. The topological polar surface area (TPSA) is 53.3 Å². The fourth-order valence-corrected chi connectivity index (χ4v) is 2.94. The first kappa shape index (κ1) is 14.3. The smallest absolute Gasteiger partial charge is 0.204 e. The molecule has 5 nitrogen and oxygen atoms in total. The van der Waals surface area contributed by atoms with Crippen molar-refractivity contribution in [3.05, 3.63) is 11.9 Å². The molecule has 0 aromatic carbocycles. The average molecular weight is 266 g/mol. The Bertz CT molecular complexity index is 402. The first-order valence-corrected chi connectivity index (χ1v) is 7.15. The summed E-state index contributed by atoms with van der Waals surface area (Å²) in [6.07, 6.45) is 6.76. The van der Waals surface area contributed by atoms with Gasteiger partial charge in [-0.2, -0.15) is 0 Å². The molecule has 1 heterocycles. The molecule has 0 saturated heterocycles. The van der Waals surface area contributed by atoms with Gasteiger partial charge in [0.05, 0.1) is 11.9 Å². The SMILES string of the molecule is CN(C)c1ncc(CNC2CCCCC2CO)n1C. The highest BCUT2D eigenvalue weighted by Gasteiger charge is 2.24. The first-order valence-electron chi connectivity index (χ1n) is 7.15. The van der Waals surface area contributed by atoms with Gasteiger partial charge in [0, 0.05) is 40.3 Å². The van der Waals surface area contributed by atoms with E-state index in [1.165, 1.54) is 25.0 Å². The van der Waals surface area contributed by atoms with Crippen LogP contribution in [0, 0.1) is 5.92 Å². The zero-order chi connectivity index (χ0) is 13.8. The quantitative estimate of drug-likeness (QED) is 0.839. The summed E-state index contributed by atoms with van der Waals surface area (Å²) in [5, 5.41) is 13.0. The van der Waals surface area contributed by atoms with Crippen molar-refractivity contribution in [2.75, 3.05) is 25.6 Å². The van der Waals surface area contributed by atoms with E-state index in [1.54, 1.807) is 0 Å². The van der Waals surface area contributed by atoms with Crippen LogP contribution in [0.2, 0.25) is 0 Å². The maximum atomic E-state index is 9.43. The van der Waals surface area contributed by atoms with Gasteiger partial charge in [0.2, 0.25) is 5.95 Å². The van der Waals surface area contributed by atoms with Gasteiger partial charge in [-0.1, -0.05) is 12.8 Å². The average Bonchev–Trinajstić information content (AvgIpc) is 2.78. The third-order valence-electron chi connectivity index (χ3n) is 4.15. The summed E-state index contributed by atoms with van der Waals surface area (Å²) in [5.74, 6) is 1.38. The Kier molecular flexibility index (Phi) is 4.82. The highest BCUT2D eigenvalue weighted by Crippen LogP contribution is 2.24. The number of rotatable bonds is 5. The van der Waals surface area contributed by atoms with Gasteiger partial charge in [-0.3, -0.25) is 0 Å². The van der Waals surface area contributed by atoms with Crippen LogP contribution in [0.3, 0.4) is 0 Å². The molecular formula is C14H26N4O. The lowest BCUT2D eigenvalue weighted by Gasteiger charge is -2.31. The van der Waals surface area contributed by atoms with Crippen LogP contribution < -0.4 is 10.2 Å². The lowest BCUT2D eigenvalue weighted by molar-refractivity contribution is 0.152. The maximum absolute atomic E-state index is 9.43. The normalized spacial score (nSPS) is 23.6. The number of nitrogens with one attached hydrogen (secondary N) is 1. The van der Waals surface area contributed by atoms with Gasteiger partial charge in [-0.05, 0) is 18.8 Å². The van der Waals surface area contributed by atoms with Crippen LogP contribution in [-0.4, -0.2) is 41.4 Å². The van der Waals surface area contributed by atoms with Gasteiger partial charge in [0.1, 0.15) is 0 Å². The van der Waals surface area contributed by atoms with Crippen LogP contribution in [0.5, 0.6) is 0 Å². The molecule has 1 aliphatic carbocycles. The van der Waals surface area contributed by atoms with E-state index < -0.39 is 0 Å². The molecule has 1 saturated carbocycles. The van der Waals surface area contributed by atoms with Gasteiger partial charge < -0.3 is 19.9 Å². The van der Waals surface area contributed by atoms with Crippen LogP contribution in [0.25, 0.3) is 0 Å². The number of aromatic nitrogens is 2. The number of aliphatic hydroxyl groups is 1. The van der Waals surface area contributed by atoms with E-state index in [9.17, 15) is 5.11 Å². The molecule has 0 aliphatic heterocycles. The second-order valence-corrected chi connectivity index (χ2v) is 5.72. The highest BCUT2D eigenvalue weighted by atomic mass is 16.3. The molecule has 108 valence electrons. The molecule has 2 N–H and O–H groups in total. The van der Waals surface area contributed by atoms with Crippen molar-refractivity contribution in [1.82, 2.24) is 14.9 Å². The Morgan fingerprint density at radius 2 is 2.16 bits per heavy atom. The Morgan fingerprint density at radius 1 is 1.42 bits per heavy atom. The molecule has 19 heavy (non-hydrogen) atoms. The molecule has 0 bridgehead atoms. The number of hydrogen-bond donors (Lipinski definition) is 2. The molecule has 1 aliphatic rings. The van der Waals surface area contributed by atoms with Crippen LogP contribution in [0.1, 0.15) is 31.4 Å². The van der Waals surface area contributed by atoms with E-state index in [2.05, 4.69) is 14.9 Å².